The van der Waals surface area contributed by atoms with E-state index in [0.29, 0.717) is 10.0 Å². The molecule has 0 spiro atoms. The average molecular weight is 317 g/mol. The van der Waals surface area contributed by atoms with E-state index in [0.717, 1.165) is 19.4 Å². The Morgan fingerprint density at radius 2 is 1.70 bits per heavy atom. The summed E-state index contributed by atoms with van der Waals surface area (Å²) in [5.41, 5.74) is 1.26. The van der Waals surface area contributed by atoms with Gasteiger partial charge >= 0.3 is 0 Å². The summed E-state index contributed by atoms with van der Waals surface area (Å²) >= 11 is 12.2. The first-order valence-electron chi connectivity index (χ1n) is 7.28. The highest BCUT2D eigenvalue weighted by Crippen LogP contribution is 2.37. The fourth-order valence-corrected chi connectivity index (χ4v) is 3.37. The van der Waals surface area contributed by atoms with Gasteiger partial charge in [-0.25, -0.2) is 0 Å². The van der Waals surface area contributed by atoms with Gasteiger partial charge in [0.2, 0.25) is 0 Å². The smallest absolute Gasteiger partial charge is 0.0595 e. The fraction of sp³-hybridized carbons (Fsp3) is 0.625. The predicted molar refractivity (Wildman–Crippen MR) is 89.9 cm³/mol. The molecule has 1 unspecified atom stereocenters. The Morgan fingerprint density at radius 1 is 1.10 bits per heavy atom. The van der Waals surface area contributed by atoms with Gasteiger partial charge in [0.25, 0.3) is 0 Å². The average Bonchev–Trinajstić information content (AvgIpc) is 2.42. The summed E-state index contributed by atoms with van der Waals surface area (Å²) < 4.78 is 0. The van der Waals surface area contributed by atoms with Crippen LogP contribution in [0.2, 0.25) is 10.0 Å². The maximum Gasteiger partial charge on any atom is 0.0595 e. The van der Waals surface area contributed by atoms with E-state index in [1.807, 2.05) is 12.1 Å². The van der Waals surface area contributed by atoms with Gasteiger partial charge in [0.1, 0.15) is 0 Å². The van der Waals surface area contributed by atoms with Crippen LogP contribution in [-0.4, -0.2) is 31.1 Å². The molecule has 0 fully saturated rings. The molecule has 0 amide bonds. The number of hydrogen-bond donors (Lipinski definition) is 1. The summed E-state index contributed by atoms with van der Waals surface area (Å²) in [6.07, 6.45) is 2.13. The van der Waals surface area contributed by atoms with Crippen LogP contribution in [0.4, 0.5) is 0 Å². The second-order valence-corrected chi connectivity index (χ2v) is 6.18. The number of nitrogens with zero attached hydrogens (tertiary/aromatic N) is 1. The van der Waals surface area contributed by atoms with Gasteiger partial charge < -0.3 is 10.2 Å². The Morgan fingerprint density at radius 3 is 2.10 bits per heavy atom. The van der Waals surface area contributed by atoms with Crippen molar-refractivity contribution in [3.63, 3.8) is 0 Å². The molecule has 0 aromatic heterocycles. The third-order valence-corrected chi connectivity index (χ3v) is 5.08. The third kappa shape index (κ3) is 3.48. The molecule has 0 aliphatic heterocycles. The molecule has 0 heterocycles. The topological polar surface area (TPSA) is 15.3 Å². The van der Waals surface area contributed by atoms with Crippen molar-refractivity contribution in [2.75, 3.05) is 20.6 Å². The lowest BCUT2D eigenvalue weighted by atomic mass is 9.79. The summed E-state index contributed by atoms with van der Waals surface area (Å²) in [4.78, 5) is 2.32. The quantitative estimate of drug-likeness (QED) is 0.779. The first-order chi connectivity index (χ1) is 9.42. The van der Waals surface area contributed by atoms with E-state index >= 15 is 0 Å². The van der Waals surface area contributed by atoms with E-state index in [9.17, 15) is 0 Å². The van der Waals surface area contributed by atoms with Crippen LogP contribution < -0.4 is 5.32 Å². The first kappa shape index (κ1) is 17.8. The van der Waals surface area contributed by atoms with Crippen LogP contribution >= 0.6 is 23.2 Å². The summed E-state index contributed by atoms with van der Waals surface area (Å²) in [5, 5.41) is 4.85. The van der Waals surface area contributed by atoms with E-state index in [4.69, 9.17) is 23.2 Å². The Hall–Kier alpha value is -0.280. The summed E-state index contributed by atoms with van der Waals surface area (Å²) in [6, 6.07) is 6.17. The molecule has 2 nitrogen and oxygen atoms in total. The zero-order chi connectivity index (χ0) is 15.3. The van der Waals surface area contributed by atoms with Gasteiger partial charge in [0.15, 0.2) is 0 Å². The molecular weight excluding hydrogens is 291 g/mol. The highest BCUT2D eigenvalue weighted by Gasteiger charge is 2.38. The second-order valence-electron chi connectivity index (χ2n) is 5.37. The van der Waals surface area contributed by atoms with Gasteiger partial charge in [-0.3, -0.25) is 0 Å². The van der Waals surface area contributed by atoms with Crippen molar-refractivity contribution in [1.82, 2.24) is 10.2 Å². The number of benzene rings is 1. The van der Waals surface area contributed by atoms with Gasteiger partial charge in [0.05, 0.1) is 16.1 Å². The van der Waals surface area contributed by atoms with E-state index in [-0.39, 0.29) is 11.6 Å². The monoisotopic (exact) mass is 316 g/mol. The summed E-state index contributed by atoms with van der Waals surface area (Å²) in [7, 11) is 4.30. The van der Waals surface area contributed by atoms with E-state index < -0.39 is 0 Å². The minimum Gasteiger partial charge on any atom is -0.309 e. The van der Waals surface area contributed by atoms with Gasteiger partial charge in [-0.1, -0.05) is 50.0 Å². The number of hydrogen-bond acceptors (Lipinski definition) is 2. The SMILES string of the molecule is CCNC(c1ccc(Cl)c(Cl)c1)C(CC)(CC)N(C)C. The Bertz CT molecular complexity index is 428. The molecule has 4 heteroatoms. The lowest BCUT2D eigenvalue weighted by Gasteiger charge is -2.46. The molecule has 114 valence electrons. The van der Waals surface area contributed by atoms with Crippen molar-refractivity contribution in [1.29, 1.82) is 0 Å². The van der Waals surface area contributed by atoms with Gasteiger partial charge in [-0.15, -0.1) is 0 Å². The fourth-order valence-electron chi connectivity index (χ4n) is 3.06. The molecular formula is C16H26Cl2N2. The number of likely N-dealkylation sites (N-methyl/N-ethyl adjacent to an activating group) is 2. The van der Waals surface area contributed by atoms with Crippen LogP contribution in [0.5, 0.6) is 0 Å². The van der Waals surface area contributed by atoms with Crippen LogP contribution in [0.15, 0.2) is 18.2 Å². The van der Waals surface area contributed by atoms with Crippen molar-refractivity contribution in [2.45, 2.75) is 45.2 Å². The normalized spacial score (nSPS) is 13.8. The summed E-state index contributed by atoms with van der Waals surface area (Å²) in [5.74, 6) is 0. The Balaban J connectivity index is 3.30. The lowest BCUT2D eigenvalue weighted by Crippen LogP contribution is -2.53. The molecule has 0 bridgehead atoms. The standard InChI is InChI=1S/C16H26Cl2N2/c1-6-16(7-2,20(4)5)15(19-8-3)12-9-10-13(17)14(18)11-12/h9-11,15,19H,6-8H2,1-5H3. The largest absolute Gasteiger partial charge is 0.309 e. The maximum atomic E-state index is 6.20. The van der Waals surface area contributed by atoms with Crippen molar-refractivity contribution in [2.24, 2.45) is 0 Å². The molecule has 0 radical (unpaired) electrons. The van der Waals surface area contributed by atoms with Gasteiger partial charge in [-0.05, 0) is 51.2 Å². The van der Waals surface area contributed by atoms with E-state index in [2.05, 4.69) is 51.1 Å². The highest BCUT2D eigenvalue weighted by atomic mass is 35.5. The third-order valence-electron chi connectivity index (χ3n) is 4.34. The van der Waals surface area contributed by atoms with Crippen molar-refractivity contribution in [3.8, 4) is 0 Å². The highest BCUT2D eigenvalue weighted by molar-refractivity contribution is 6.42. The van der Waals surface area contributed by atoms with E-state index in [1.165, 1.54) is 5.56 Å². The number of halogens is 2. The van der Waals surface area contributed by atoms with Crippen LogP contribution in [0, 0.1) is 0 Å². The van der Waals surface area contributed by atoms with Crippen LogP contribution in [0.1, 0.15) is 45.2 Å². The minimum atomic E-state index is 0.0627. The second kappa shape index (κ2) is 7.65. The van der Waals surface area contributed by atoms with Crippen LogP contribution in [0.25, 0.3) is 0 Å². The molecule has 1 aromatic rings. The van der Waals surface area contributed by atoms with Crippen molar-refractivity contribution < 1.29 is 0 Å². The Kier molecular flexibility index (Phi) is 6.80. The van der Waals surface area contributed by atoms with Gasteiger partial charge in [-0.2, -0.15) is 0 Å². The Labute approximate surface area is 133 Å². The molecule has 1 rings (SSSR count). The van der Waals surface area contributed by atoms with Gasteiger partial charge in [0, 0.05) is 5.54 Å². The first-order valence-corrected chi connectivity index (χ1v) is 8.04. The molecule has 0 saturated heterocycles. The predicted octanol–water partition coefficient (Wildman–Crippen LogP) is 4.76. The van der Waals surface area contributed by atoms with Crippen LogP contribution in [0.3, 0.4) is 0 Å². The molecule has 0 saturated carbocycles. The molecule has 1 N–H and O–H groups in total. The molecule has 20 heavy (non-hydrogen) atoms. The van der Waals surface area contributed by atoms with Crippen LogP contribution in [-0.2, 0) is 0 Å². The molecule has 1 atom stereocenters. The van der Waals surface area contributed by atoms with E-state index in [1.54, 1.807) is 0 Å². The van der Waals surface area contributed by atoms with Crippen molar-refractivity contribution in [3.05, 3.63) is 33.8 Å². The summed E-state index contributed by atoms with van der Waals surface area (Å²) in [6.45, 7) is 7.54. The zero-order valence-electron chi connectivity index (χ0n) is 13.1. The molecule has 0 aliphatic rings. The minimum absolute atomic E-state index is 0.0627. The number of nitrogens with one attached hydrogen (secondary N) is 1. The van der Waals surface area contributed by atoms with Crippen molar-refractivity contribution >= 4 is 23.2 Å². The molecule has 0 aliphatic carbocycles. The number of rotatable bonds is 7. The lowest BCUT2D eigenvalue weighted by molar-refractivity contribution is 0.0889. The zero-order valence-corrected chi connectivity index (χ0v) is 14.6. The molecule has 1 aromatic carbocycles. The maximum absolute atomic E-state index is 6.20.